The number of thiophene rings is 1. The van der Waals surface area contributed by atoms with Gasteiger partial charge in [-0.25, -0.2) is 0 Å². The van der Waals surface area contributed by atoms with Crippen LogP contribution in [0.5, 0.6) is 0 Å². The molecule has 0 saturated heterocycles. The number of hydrogen-bond donors (Lipinski definition) is 0. The van der Waals surface area contributed by atoms with Crippen molar-refractivity contribution in [3.63, 3.8) is 0 Å². The number of rotatable bonds is 3. The lowest BCUT2D eigenvalue weighted by molar-refractivity contribution is 1.18. The highest BCUT2D eigenvalue weighted by Gasteiger charge is 2.13. The van der Waals surface area contributed by atoms with Gasteiger partial charge < -0.3 is 4.57 Å². The minimum absolute atomic E-state index is 1.18. The normalized spacial score (nSPS) is 11.8. The highest BCUT2D eigenvalue weighted by Crippen LogP contribution is 2.37. The van der Waals surface area contributed by atoms with Crippen molar-refractivity contribution in [2.75, 3.05) is 0 Å². The van der Waals surface area contributed by atoms with Crippen LogP contribution in [0.4, 0.5) is 0 Å². The van der Waals surface area contributed by atoms with Crippen molar-refractivity contribution in [1.82, 2.24) is 4.57 Å². The smallest absolute Gasteiger partial charge is 0.0541 e. The standard InChI is InChI=1S/C38H27NS/c1-24-7-18-35-32(21-24)33-22-25(2)8-19-36(33)39(35)30-16-13-27(14-17-30)26-9-11-28(12-10-26)29-15-20-38-34(23-29)31-5-3-4-6-37(31)40-38/h3-23H,1-2H3. The molecule has 0 aliphatic heterocycles. The molecule has 0 amide bonds. The molecule has 0 fully saturated rings. The summed E-state index contributed by atoms with van der Waals surface area (Å²) in [5.74, 6) is 0. The van der Waals surface area contributed by atoms with E-state index in [2.05, 4.69) is 146 Å². The lowest BCUT2D eigenvalue weighted by Crippen LogP contribution is -1.93. The molecule has 40 heavy (non-hydrogen) atoms. The van der Waals surface area contributed by atoms with Crippen LogP contribution in [0.3, 0.4) is 0 Å². The van der Waals surface area contributed by atoms with Crippen molar-refractivity contribution < 1.29 is 0 Å². The Labute approximate surface area is 237 Å². The molecule has 8 rings (SSSR count). The van der Waals surface area contributed by atoms with Gasteiger partial charge >= 0.3 is 0 Å². The van der Waals surface area contributed by atoms with Crippen LogP contribution in [0.1, 0.15) is 11.1 Å². The van der Waals surface area contributed by atoms with Gasteiger partial charge in [0.05, 0.1) is 11.0 Å². The number of aromatic nitrogens is 1. The minimum Gasteiger partial charge on any atom is -0.309 e. The van der Waals surface area contributed by atoms with E-state index in [4.69, 9.17) is 0 Å². The van der Waals surface area contributed by atoms with Crippen molar-refractivity contribution in [2.45, 2.75) is 13.8 Å². The summed E-state index contributed by atoms with van der Waals surface area (Å²) >= 11 is 1.87. The Morgan fingerprint density at radius 2 is 0.950 bits per heavy atom. The highest BCUT2D eigenvalue weighted by molar-refractivity contribution is 7.25. The molecule has 0 spiro atoms. The molecule has 2 heteroatoms. The predicted molar refractivity (Wildman–Crippen MR) is 174 cm³/mol. The zero-order chi connectivity index (χ0) is 26.8. The van der Waals surface area contributed by atoms with Crippen LogP contribution >= 0.6 is 11.3 Å². The lowest BCUT2D eigenvalue weighted by Gasteiger charge is -2.10. The number of hydrogen-bond acceptors (Lipinski definition) is 1. The molecule has 6 aromatic carbocycles. The molecule has 0 bridgehead atoms. The van der Waals surface area contributed by atoms with Crippen LogP contribution in [-0.4, -0.2) is 4.57 Å². The van der Waals surface area contributed by atoms with Gasteiger partial charge in [0.25, 0.3) is 0 Å². The van der Waals surface area contributed by atoms with Gasteiger partial charge in [0, 0.05) is 36.6 Å². The Morgan fingerprint density at radius 3 is 1.60 bits per heavy atom. The minimum atomic E-state index is 1.18. The summed E-state index contributed by atoms with van der Waals surface area (Å²) in [7, 11) is 0. The second-order valence-corrected chi connectivity index (χ2v) is 11.9. The van der Waals surface area contributed by atoms with Gasteiger partial charge in [-0.05, 0) is 90.7 Å². The van der Waals surface area contributed by atoms with E-state index in [9.17, 15) is 0 Å². The Hall–Kier alpha value is -4.66. The van der Waals surface area contributed by atoms with E-state index in [0.29, 0.717) is 0 Å². The summed E-state index contributed by atoms with van der Waals surface area (Å²) in [5, 5.41) is 5.31. The van der Waals surface area contributed by atoms with Gasteiger partial charge in [0.2, 0.25) is 0 Å². The summed E-state index contributed by atoms with van der Waals surface area (Å²) in [6, 6.07) is 47.0. The van der Waals surface area contributed by atoms with Gasteiger partial charge in [-0.3, -0.25) is 0 Å². The SMILES string of the molecule is Cc1ccc2c(c1)c1cc(C)ccc1n2-c1ccc(-c2ccc(-c3ccc4sc5ccccc5c4c3)cc2)cc1. The molecular formula is C38H27NS. The lowest BCUT2D eigenvalue weighted by atomic mass is 9.99. The van der Waals surface area contributed by atoms with E-state index in [1.807, 2.05) is 11.3 Å². The summed E-state index contributed by atoms with van der Waals surface area (Å²) in [4.78, 5) is 0. The van der Waals surface area contributed by atoms with Crippen LogP contribution in [0.2, 0.25) is 0 Å². The topological polar surface area (TPSA) is 4.93 Å². The fraction of sp³-hybridized carbons (Fsp3) is 0.0526. The Kier molecular flexibility index (Phi) is 5.20. The predicted octanol–water partition coefficient (Wildman–Crippen LogP) is 11.1. The van der Waals surface area contributed by atoms with Crippen LogP contribution in [0, 0.1) is 13.8 Å². The first-order valence-corrected chi connectivity index (χ1v) is 14.6. The van der Waals surface area contributed by atoms with Crippen LogP contribution in [0.25, 0.3) is 69.9 Å². The second-order valence-electron chi connectivity index (χ2n) is 10.8. The monoisotopic (exact) mass is 529 g/mol. The first-order valence-electron chi connectivity index (χ1n) is 13.8. The zero-order valence-corrected chi connectivity index (χ0v) is 23.3. The molecular weight excluding hydrogens is 502 g/mol. The third-order valence-corrected chi connectivity index (χ3v) is 9.28. The second kappa shape index (κ2) is 8.94. The number of benzene rings is 6. The van der Waals surface area contributed by atoms with Gasteiger partial charge in [-0.1, -0.05) is 83.9 Å². The molecule has 2 heterocycles. The molecule has 8 aromatic rings. The van der Waals surface area contributed by atoms with Crippen molar-refractivity contribution in [3.05, 3.63) is 139 Å². The molecule has 0 saturated carbocycles. The average Bonchev–Trinajstić information content (AvgIpc) is 3.52. The summed E-state index contributed by atoms with van der Waals surface area (Å²) in [5.41, 5.74) is 11.2. The molecule has 1 nitrogen and oxygen atoms in total. The number of nitrogens with zero attached hydrogens (tertiary/aromatic N) is 1. The largest absolute Gasteiger partial charge is 0.309 e. The molecule has 190 valence electrons. The first-order chi connectivity index (χ1) is 19.6. The molecule has 0 unspecified atom stereocenters. The summed E-state index contributed by atoms with van der Waals surface area (Å²) < 4.78 is 5.08. The number of aryl methyl sites for hydroxylation is 2. The van der Waals surface area contributed by atoms with Crippen LogP contribution < -0.4 is 0 Å². The first kappa shape index (κ1) is 23.2. The van der Waals surface area contributed by atoms with Crippen molar-refractivity contribution in [1.29, 1.82) is 0 Å². The maximum atomic E-state index is 2.39. The van der Waals surface area contributed by atoms with Crippen molar-refractivity contribution in [2.24, 2.45) is 0 Å². The third-order valence-electron chi connectivity index (χ3n) is 8.13. The third kappa shape index (κ3) is 3.68. The maximum absolute atomic E-state index is 2.39. The van der Waals surface area contributed by atoms with E-state index >= 15 is 0 Å². The van der Waals surface area contributed by atoms with Gasteiger partial charge in [0.15, 0.2) is 0 Å². The molecule has 0 N–H and O–H groups in total. The van der Waals surface area contributed by atoms with Crippen molar-refractivity contribution >= 4 is 53.3 Å². The van der Waals surface area contributed by atoms with Gasteiger partial charge in [0.1, 0.15) is 0 Å². The van der Waals surface area contributed by atoms with Crippen LogP contribution in [0.15, 0.2) is 127 Å². The van der Waals surface area contributed by atoms with Crippen LogP contribution in [-0.2, 0) is 0 Å². The highest BCUT2D eigenvalue weighted by atomic mass is 32.1. The Bertz CT molecular complexity index is 2150. The average molecular weight is 530 g/mol. The zero-order valence-electron chi connectivity index (χ0n) is 22.5. The quantitative estimate of drug-likeness (QED) is 0.214. The van der Waals surface area contributed by atoms with E-state index in [0.717, 1.165) is 0 Å². The fourth-order valence-electron chi connectivity index (χ4n) is 6.09. The fourth-order valence-corrected chi connectivity index (χ4v) is 7.18. The van der Waals surface area contributed by atoms with E-state index in [1.54, 1.807) is 0 Å². The Balaban J connectivity index is 1.15. The summed E-state index contributed by atoms with van der Waals surface area (Å²) in [6.45, 7) is 4.34. The number of fused-ring (bicyclic) bond motifs is 6. The molecule has 0 atom stereocenters. The van der Waals surface area contributed by atoms with E-state index in [1.165, 1.54) is 81.0 Å². The molecule has 2 aromatic heterocycles. The Morgan fingerprint density at radius 1 is 0.425 bits per heavy atom. The summed E-state index contributed by atoms with van der Waals surface area (Å²) in [6.07, 6.45) is 0. The van der Waals surface area contributed by atoms with E-state index in [-0.39, 0.29) is 0 Å². The maximum Gasteiger partial charge on any atom is 0.0541 e. The van der Waals surface area contributed by atoms with Gasteiger partial charge in [-0.2, -0.15) is 0 Å². The van der Waals surface area contributed by atoms with Gasteiger partial charge in [-0.15, -0.1) is 11.3 Å². The molecule has 0 radical (unpaired) electrons. The molecule has 0 aliphatic carbocycles. The van der Waals surface area contributed by atoms with E-state index < -0.39 is 0 Å². The molecule has 0 aliphatic rings. The van der Waals surface area contributed by atoms with Crippen molar-refractivity contribution in [3.8, 4) is 27.9 Å².